The Kier molecular flexibility index (Phi) is 2.02. The summed E-state index contributed by atoms with van der Waals surface area (Å²) in [6.45, 7) is 2.09. The van der Waals surface area contributed by atoms with Gasteiger partial charge in [-0.25, -0.2) is 4.79 Å². The summed E-state index contributed by atoms with van der Waals surface area (Å²) in [6, 6.07) is 0. The molecule has 1 spiro atoms. The van der Waals surface area contributed by atoms with Crippen molar-refractivity contribution in [2.45, 2.75) is 18.4 Å². The van der Waals surface area contributed by atoms with E-state index in [0.29, 0.717) is 39.3 Å². The van der Waals surface area contributed by atoms with Gasteiger partial charge in [-0.3, -0.25) is 0 Å². The van der Waals surface area contributed by atoms with Crippen molar-refractivity contribution >= 4 is 5.97 Å². The standard InChI is InChI=1S/C8H12O4/c9-7-8(12-6-5-11-7)1-3-10-4-2-8/h1-6H2. The van der Waals surface area contributed by atoms with E-state index in [9.17, 15) is 4.79 Å². The molecule has 0 radical (unpaired) electrons. The Morgan fingerprint density at radius 2 is 1.83 bits per heavy atom. The summed E-state index contributed by atoms with van der Waals surface area (Å²) in [5, 5.41) is 0. The molecular weight excluding hydrogens is 160 g/mol. The average molecular weight is 172 g/mol. The molecule has 4 heteroatoms. The fraction of sp³-hybridized carbons (Fsp3) is 0.875. The number of ether oxygens (including phenoxy) is 3. The van der Waals surface area contributed by atoms with E-state index in [2.05, 4.69) is 0 Å². The molecule has 0 aliphatic carbocycles. The summed E-state index contributed by atoms with van der Waals surface area (Å²) in [5.41, 5.74) is -0.670. The van der Waals surface area contributed by atoms with Crippen LogP contribution in [-0.4, -0.2) is 38.0 Å². The second-order valence-electron chi connectivity index (χ2n) is 3.09. The average Bonchev–Trinajstić information content (AvgIpc) is 2.12. The zero-order valence-corrected chi connectivity index (χ0v) is 6.88. The van der Waals surface area contributed by atoms with Crippen molar-refractivity contribution in [2.24, 2.45) is 0 Å². The van der Waals surface area contributed by atoms with E-state index in [4.69, 9.17) is 14.2 Å². The Balaban J connectivity index is 2.09. The molecule has 68 valence electrons. The number of cyclic esters (lactones) is 1. The smallest absolute Gasteiger partial charge is 0.338 e. The predicted octanol–water partition coefficient (Wildman–Crippen LogP) is 0.109. The van der Waals surface area contributed by atoms with Crippen LogP contribution in [0, 0.1) is 0 Å². The maximum atomic E-state index is 11.4. The van der Waals surface area contributed by atoms with Gasteiger partial charge in [0.25, 0.3) is 0 Å². The summed E-state index contributed by atoms with van der Waals surface area (Å²) in [7, 11) is 0. The van der Waals surface area contributed by atoms with Gasteiger partial charge < -0.3 is 14.2 Å². The minimum absolute atomic E-state index is 0.211. The van der Waals surface area contributed by atoms with Crippen molar-refractivity contribution in [3.63, 3.8) is 0 Å². The van der Waals surface area contributed by atoms with Gasteiger partial charge in [0.1, 0.15) is 6.61 Å². The number of carbonyl (C=O) groups excluding carboxylic acids is 1. The minimum atomic E-state index is -0.670. The molecule has 2 rings (SSSR count). The molecule has 12 heavy (non-hydrogen) atoms. The lowest BCUT2D eigenvalue weighted by Gasteiger charge is -2.37. The lowest BCUT2D eigenvalue weighted by atomic mass is 9.94. The van der Waals surface area contributed by atoms with Crippen molar-refractivity contribution in [1.82, 2.24) is 0 Å². The first kappa shape index (κ1) is 8.01. The van der Waals surface area contributed by atoms with Crippen LogP contribution < -0.4 is 0 Å². The SMILES string of the molecule is O=C1OCCOC12CCOCC2. The molecule has 2 aliphatic heterocycles. The molecule has 0 aromatic heterocycles. The van der Waals surface area contributed by atoms with Crippen LogP contribution in [-0.2, 0) is 19.0 Å². The zero-order valence-electron chi connectivity index (χ0n) is 6.88. The highest BCUT2D eigenvalue weighted by molar-refractivity contribution is 5.80. The fourth-order valence-corrected chi connectivity index (χ4v) is 1.61. The molecule has 2 fully saturated rings. The summed E-state index contributed by atoms with van der Waals surface area (Å²) >= 11 is 0. The van der Waals surface area contributed by atoms with Crippen molar-refractivity contribution < 1.29 is 19.0 Å². The van der Waals surface area contributed by atoms with Crippen LogP contribution in [0.1, 0.15) is 12.8 Å². The third-order valence-electron chi connectivity index (χ3n) is 2.37. The Morgan fingerprint density at radius 1 is 1.08 bits per heavy atom. The Hall–Kier alpha value is -0.610. The van der Waals surface area contributed by atoms with Gasteiger partial charge >= 0.3 is 5.97 Å². The van der Waals surface area contributed by atoms with Crippen molar-refractivity contribution in [1.29, 1.82) is 0 Å². The number of hydrogen-bond acceptors (Lipinski definition) is 4. The molecule has 0 bridgehead atoms. The van der Waals surface area contributed by atoms with Gasteiger partial charge in [0.05, 0.1) is 6.61 Å². The van der Waals surface area contributed by atoms with E-state index < -0.39 is 5.60 Å². The Morgan fingerprint density at radius 3 is 2.50 bits per heavy atom. The highest BCUT2D eigenvalue weighted by Gasteiger charge is 2.44. The van der Waals surface area contributed by atoms with Gasteiger partial charge in [0, 0.05) is 26.1 Å². The molecule has 0 N–H and O–H groups in total. The lowest BCUT2D eigenvalue weighted by Crippen LogP contribution is -2.51. The second kappa shape index (κ2) is 3.03. The van der Waals surface area contributed by atoms with E-state index in [1.54, 1.807) is 0 Å². The molecule has 2 heterocycles. The summed E-state index contributed by atoms with van der Waals surface area (Å²) in [6.07, 6.45) is 1.26. The van der Waals surface area contributed by atoms with E-state index in [1.807, 2.05) is 0 Å². The van der Waals surface area contributed by atoms with Crippen LogP contribution in [0.25, 0.3) is 0 Å². The van der Waals surface area contributed by atoms with Crippen molar-refractivity contribution in [2.75, 3.05) is 26.4 Å². The van der Waals surface area contributed by atoms with Crippen molar-refractivity contribution in [3.8, 4) is 0 Å². The van der Waals surface area contributed by atoms with Crippen LogP contribution in [0.2, 0.25) is 0 Å². The van der Waals surface area contributed by atoms with Gasteiger partial charge in [-0.1, -0.05) is 0 Å². The summed E-state index contributed by atoms with van der Waals surface area (Å²) < 4.78 is 15.6. The van der Waals surface area contributed by atoms with Crippen LogP contribution >= 0.6 is 0 Å². The van der Waals surface area contributed by atoms with E-state index >= 15 is 0 Å². The molecule has 4 nitrogen and oxygen atoms in total. The van der Waals surface area contributed by atoms with E-state index in [1.165, 1.54) is 0 Å². The van der Waals surface area contributed by atoms with Crippen molar-refractivity contribution in [3.05, 3.63) is 0 Å². The Labute approximate surface area is 70.8 Å². The maximum Gasteiger partial charge on any atom is 0.338 e. The zero-order chi connectivity index (χ0) is 8.44. The highest BCUT2D eigenvalue weighted by atomic mass is 16.6. The van der Waals surface area contributed by atoms with Gasteiger partial charge in [-0.15, -0.1) is 0 Å². The van der Waals surface area contributed by atoms with Crippen LogP contribution in [0.5, 0.6) is 0 Å². The molecule has 0 aromatic carbocycles. The minimum Gasteiger partial charge on any atom is -0.461 e. The molecular formula is C8H12O4. The first-order valence-electron chi connectivity index (χ1n) is 4.22. The first-order chi connectivity index (χ1) is 5.83. The van der Waals surface area contributed by atoms with Crippen LogP contribution in [0.15, 0.2) is 0 Å². The molecule has 0 atom stereocenters. The normalized spacial score (nSPS) is 28.5. The quantitative estimate of drug-likeness (QED) is 0.486. The number of rotatable bonds is 0. The topological polar surface area (TPSA) is 44.8 Å². The number of esters is 1. The fourth-order valence-electron chi connectivity index (χ4n) is 1.61. The molecule has 0 saturated carbocycles. The van der Waals surface area contributed by atoms with Crippen LogP contribution in [0.3, 0.4) is 0 Å². The van der Waals surface area contributed by atoms with Gasteiger partial charge in [-0.2, -0.15) is 0 Å². The van der Waals surface area contributed by atoms with Gasteiger partial charge in [0.15, 0.2) is 5.60 Å². The second-order valence-corrected chi connectivity index (χ2v) is 3.09. The third kappa shape index (κ3) is 1.21. The molecule has 0 amide bonds. The maximum absolute atomic E-state index is 11.4. The predicted molar refractivity (Wildman–Crippen MR) is 39.7 cm³/mol. The van der Waals surface area contributed by atoms with E-state index in [0.717, 1.165) is 0 Å². The molecule has 2 aliphatic rings. The van der Waals surface area contributed by atoms with E-state index in [-0.39, 0.29) is 5.97 Å². The molecule has 0 aromatic rings. The summed E-state index contributed by atoms with van der Waals surface area (Å²) in [4.78, 5) is 11.4. The summed E-state index contributed by atoms with van der Waals surface area (Å²) in [5.74, 6) is -0.211. The van der Waals surface area contributed by atoms with Gasteiger partial charge in [-0.05, 0) is 0 Å². The third-order valence-corrected chi connectivity index (χ3v) is 2.37. The molecule has 2 saturated heterocycles. The number of carbonyl (C=O) groups is 1. The Bertz CT molecular complexity index is 175. The van der Waals surface area contributed by atoms with Gasteiger partial charge in [0.2, 0.25) is 0 Å². The number of hydrogen-bond donors (Lipinski definition) is 0. The lowest BCUT2D eigenvalue weighted by molar-refractivity contribution is -0.205. The first-order valence-corrected chi connectivity index (χ1v) is 4.22. The van der Waals surface area contributed by atoms with Crippen LogP contribution in [0.4, 0.5) is 0 Å². The monoisotopic (exact) mass is 172 g/mol. The largest absolute Gasteiger partial charge is 0.461 e. The molecule has 0 unspecified atom stereocenters. The highest BCUT2D eigenvalue weighted by Crippen LogP contribution is 2.28.